The van der Waals surface area contributed by atoms with Crippen molar-refractivity contribution in [2.75, 3.05) is 6.61 Å². The van der Waals surface area contributed by atoms with Gasteiger partial charge in [0.15, 0.2) is 6.61 Å². The Morgan fingerprint density at radius 2 is 2.00 bits per heavy atom. The number of amides is 1. The summed E-state index contributed by atoms with van der Waals surface area (Å²) in [6, 6.07) is 9.54. The number of fused-ring (bicyclic) bond motifs is 1. The molecule has 3 aromatic rings. The Hall–Kier alpha value is -3.00. The number of aromatic nitrogens is 2. The topological polar surface area (TPSA) is 90.3 Å². The van der Waals surface area contributed by atoms with E-state index in [0.29, 0.717) is 10.2 Å². The molecule has 0 saturated carbocycles. The highest BCUT2D eigenvalue weighted by Crippen LogP contribution is 2.14. The van der Waals surface area contributed by atoms with Crippen LogP contribution in [0.4, 0.5) is 0 Å². The molecule has 0 spiro atoms. The van der Waals surface area contributed by atoms with Crippen LogP contribution in [-0.2, 0) is 27.3 Å². The molecule has 2 heterocycles. The molecular weight excluding hydrogens is 390 g/mol. The Bertz CT molecular complexity index is 1060. The van der Waals surface area contributed by atoms with Crippen LogP contribution in [0, 0.1) is 0 Å². The molecule has 0 saturated heterocycles. The van der Waals surface area contributed by atoms with Gasteiger partial charge in [0, 0.05) is 6.54 Å². The lowest BCUT2D eigenvalue weighted by Crippen LogP contribution is -2.31. The lowest BCUT2D eigenvalue weighted by atomic mass is 10.1. The zero-order chi connectivity index (χ0) is 20.8. The Kier molecular flexibility index (Phi) is 6.77. The lowest BCUT2D eigenvalue weighted by Gasteiger charge is -2.15. The van der Waals surface area contributed by atoms with Crippen molar-refractivity contribution in [1.29, 1.82) is 0 Å². The number of thiophene rings is 1. The largest absolute Gasteiger partial charge is 0.456 e. The predicted octanol–water partition coefficient (Wildman–Crippen LogP) is 2.83. The molecule has 0 aliphatic rings. The fourth-order valence-electron chi connectivity index (χ4n) is 2.89. The van der Waals surface area contributed by atoms with Crippen molar-refractivity contribution in [2.45, 2.75) is 39.3 Å². The van der Waals surface area contributed by atoms with Crippen LogP contribution in [0.15, 0.2) is 46.8 Å². The minimum Gasteiger partial charge on any atom is -0.456 e. The molecule has 1 amide bonds. The summed E-state index contributed by atoms with van der Waals surface area (Å²) in [5.74, 6) is -0.915. The van der Waals surface area contributed by atoms with Crippen LogP contribution in [0.3, 0.4) is 0 Å². The van der Waals surface area contributed by atoms with Gasteiger partial charge in [-0.25, -0.2) is 4.98 Å². The number of nitrogens with zero attached hydrogens (tertiary/aromatic N) is 2. The zero-order valence-corrected chi connectivity index (χ0v) is 17.2. The maximum Gasteiger partial charge on any atom is 0.308 e. The number of benzene rings is 1. The number of carbonyl (C=O) groups is 2. The van der Waals surface area contributed by atoms with Crippen LogP contribution in [-0.4, -0.2) is 28.0 Å². The summed E-state index contributed by atoms with van der Waals surface area (Å²) in [4.78, 5) is 41.1. The summed E-state index contributed by atoms with van der Waals surface area (Å²) in [5, 5.41) is 5.14. The van der Waals surface area contributed by atoms with Crippen LogP contribution in [0.5, 0.6) is 0 Å². The SMILES string of the molecule is CCc1ccc(C(C)NC(=O)COC(=O)CCn2cnc3sccc3c2=O)cc1. The van der Waals surface area contributed by atoms with Crippen LogP contribution < -0.4 is 10.9 Å². The van der Waals surface area contributed by atoms with E-state index in [2.05, 4.69) is 17.2 Å². The molecule has 3 rings (SSSR count). The highest BCUT2D eigenvalue weighted by molar-refractivity contribution is 7.16. The summed E-state index contributed by atoms with van der Waals surface area (Å²) in [6.07, 6.45) is 2.37. The van der Waals surface area contributed by atoms with Crippen LogP contribution in [0.1, 0.15) is 37.4 Å². The molecule has 1 atom stereocenters. The van der Waals surface area contributed by atoms with E-state index in [1.807, 2.05) is 31.2 Å². The normalized spacial score (nSPS) is 11.9. The molecule has 0 radical (unpaired) electrons. The molecular formula is C21H23N3O4S. The van der Waals surface area contributed by atoms with Gasteiger partial charge < -0.3 is 10.1 Å². The Morgan fingerprint density at radius 1 is 1.24 bits per heavy atom. The first kappa shape index (κ1) is 20.7. The minimum absolute atomic E-state index is 0.0153. The molecule has 29 heavy (non-hydrogen) atoms. The number of ether oxygens (including phenoxy) is 1. The van der Waals surface area contributed by atoms with Gasteiger partial charge in [0.25, 0.3) is 11.5 Å². The van der Waals surface area contributed by atoms with E-state index < -0.39 is 5.97 Å². The zero-order valence-electron chi connectivity index (χ0n) is 16.4. The average molecular weight is 413 g/mol. The van der Waals surface area contributed by atoms with Gasteiger partial charge in [0.2, 0.25) is 0 Å². The van der Waals surface area contributed by atoms with Crippen LogP contribution in [0.2, 0.25) is 0 Å². The van der Waals surface area contributed by atoms with Gasteiger partial charge in [-0.15, -0.1) is 11.3 Å². The average Bonchev–Trinajstić information content (AvgIpc) is 3.21. The summed E-state index contributed by atoms with van der Waals surface area (Å²) in [5.41, 5.74) is 2.02. The van der Waals surface area contributed by atoms with E-state index >= 15 is 0 Å². The highest BCUT2D eigenvalue weighted by Gasteiger charge is 2.13. The van der Waals surface area contributed by atoms with Crippen molar-refractivity contribution in [1.82, 2.24) is 14.9 Å². The molecule has 0 bridgehead atoms. The standard InChI is InChI=1S/C21H23N3O4S/c1-3-15-4-6-16(7-5-15)14(2)23-18(25)12-28-19(26)8-10-24-13-22-20-17(21(24)27)9-11-29-20/h4-7,9,11,13-14H,3,8,10,12H2,1-2H3,(H,23,25). The fourth-order valence-corrected chi connectivity index (χ4v) is 3.61. The molecule has 0 fully saturated rings. The Balaban J connectivity index is 1.45. The molecule has 8 heteroatoms. The monoisotopic (exact) mass is 413 g/mol. The van der Waals surface area contributed by atoms with Crippen molar-refractivity contribution in [3.63, 3.8) is 0 Å². The maximum absolute atomic E-state index is 12.3. The molecule has 152 valence electrons. The van der Waals surface area contributed by atoms with Gasteiger partial charge in [-0.3, -0.25) is 19.0 Å². The number of aryl methyl sites for hydroxylation is 2. The van der Waals surface area contributed by atoms with E-state index in [1.54, 1.807) is 11.4 Å². The van der Waals surface area contributed by atoms with Gasteiger partial charge in [0.05, 0.1) is 24.2 Å². The van der Waals surface area contributed by atoms with Gasteiger partial charge >= 0.3 is 5.97 Å². The first-order chi connectivity index (χ1) is 14.0. The number of rotatable bonds is 8. The Morgan fingerprint density at radius 3 is 2.72 bits per heavy atom. The molecule has 2 aromatic heterocycles. The first-order valence-corrected chi connectivity index (χ1v) is 10.3. The van der Waals surface area contributed by atoms with E-state index in [9.17, 15) is 14.4 Å². The number of hydrogen-bond donors (Lipinski definition) is 1. The lowest BCUT2D eigenvalue weighted by molar-refractivity contribution is -0.148. The number of nitrogens with one attached hydrogen (secondary N) is 1. The van der Waals surface area contributed by atoms with E-state index in [4.69, 9.17) is 4.74 Å². The molecule has 0 aliphatic heterocycles. The fraction of sp³-hybridized carbons (Fsp3) is 0.333. The Labute approximate surface area is 172 Å². The molecule has 1 unspecified atom stereocenters. The van der Waals surface area contributed by atoms with E-state index in [0.717, 1.165) is 12.0 Å². The second-order valence-corrected chi connectivity index (χ2v) is 7.57. The molecule has 1 aromatic carbocycles. The van der Waals surface area contributed by atoms with Crippen molar-refractivity contribution in [3.8, 4) is 0 Å². The number of esters is 1. The summed E-state index contributed by atoms with van der Waals surface area (Å²) in [7, 11) is 0. The van der Waals surface area contributed by atoms with E-state index in [1.165, 1.54) is 27.8 Å². The highest BCUT2D eigenvalue weighted by atomic mass is 32.1. The van der Waals surface area contributed by atoms with E-state index in [-0.39, 0.29) is 37.1 Å². The van der Waals surface area contributed by atoms with Crippen molar-refractivity contribution in [2.24, 2.45) is 0 Å². The number of hydrogen-bond acceptors (Lipinski definition) is 6. The summed E-state index contributed by atoms with van der Waals surface area (Å²) >= 11 is 1.39. The van der Waals surface area contributed by atoms with Crippen molar-refractivity contribution in [3.05, 3.63) is 63.5 Å². The summed E-state index contributed by atoms with van der Waals surface area (Å²) in [6.45, 7) is 3.76. The van der Waals surface area contributed by atoms with Gasteiger partial charge in [-0.1, -0.05) is 31.2 Å². The molecule has 1 N–H and O–H groups in total. The minimum atomic E-state index is -0.544. The smallest absolute Gasteiger partial charge is 0.308 e. The quantitative estimate of drug-likeness (QED) is 0.574. The molecule has 7 nitrogen and oxygen atoms in total. The number of carbonyl (C=O) groups excluding carboxylic acids is 2. The van der Waals surface area contributed by atoms with Gasteiger partial charge in [-0.05, 0) is 35.9 Å². The first-order valence-electron chi connectivity index (χ1n) is 9.44. The van der Waals surface area contributed by atoms with Gasteiger partial charge in [0.1, 0.15) is 4.83 Å². The van der Waals surface area contributed by atoms with Gasteiger partial charge in [-0.2, -0.15) is 0 Å². The second-order valence-electron chi connectivity index (χ2n) is 6.68. The van der Waals surface area contributed by atoms with Crippen LogP contribution >= 0.6 is 11.3 Å². The third-order valence-corrected chi connectivity index (χ3v) is 5.46. The summed E-state index contributed by atoms with van der Waals surface area (Å²) < 4.78 is 6.40. The third kappa shape index (κ3) is 5.29. The predicted molar refractivity (Wildman–Crippen MR) is 112 cm³/mol. The van der Waals surface area contributed by atoms with Crippen molar-refractivity contribution < 1.29 is 14.3 Å². The van der Waals surface area contributed by atoms with Crippen LogP contribution in [0.25, 0.3) is 10.2 Å². The van der Waals surface area contributed by atoms with Crippen molar-refractivity contribution >= 4 is 33.4 Å². The maximum atomic E-state index is 12.3. The third-order valence-electron chi connectivity index (χ3n) is 4.64. The second kappa shape index (κ2) is 9.47. The molecule has 0 aliphatic carbocycles.